The molecule has 0 amide bonds. The van der Waals surface area contributed by atoms with Crippen molar-refractivity contribution in [3.05, 3.63) is 54.4 Å². The molecular formula is C18H16N4S. The topological polar surface area (TPSA) is 44.8 Å². The number of nitrogens with zero attached hydrogens (tertiary/aromatic N) is 3. The minimum atomic E-state index is 0.905. The molecule has 0 fully saturated rings. The summed E-state index contributed by atoms with van der Waals surface area (Å²) in [6.07, 6.45) is 5.82. The highest BCUT2D eigenvalue weighted by atomic mass is 32.1. The average Bonchev–Trinajstić information content (AvgIpc) is 3.23. The second-order valence-corrected chi connectivity index (χ2v) is 6.52. The van der Waals surface area contributed by atoms with Gasteiger partial charge in [-0.1, -0.05) is 12.1 Å². The van der Waals surface area contributed by atoms with Crippen molar-refractivity contribution in [2.75, 3.05) is 19.0 Å². The zero-order valence-electron chi connectivity index (χ0n) is 12.9. The van der Waals surface area contributed by atoms with E-state index in [-0.39, 0.29) is 0 Å². The maximum atomic E-state index is 4.56. The predicted octanol–water partition coefficient (Wildman–Crippen LogP) is 4.42. The lowest BCUT2D eigenvalue weighted by Crippen LogP contribution is -2.07. The van der Waals surface area contributed by atoms with E-state index in [1.54, 1.807) is 11.3 Å². The smallest absolute Gasteiger partial charge is 0.137 e. The Kier molecular flexibility index (Phi) is 3.35. The standard InChI is InChI=1S/C18H16N4S/c1-22(2)14-5-3-12(4-6-14)13-7-15-16(17-10-19-11-23-17)9-21-18(15)20-8-13/h3-11H,1-2H3,(H,20,21). The van der Waals surface area contributed by atoms with Crippen LogP contribution in [0.15, 0.2) is 54.4 Å². The Hall–Kier alpha value is -2.66. The summed E-state index contributed by atoms with van der Waals surface area (Å²) in [6.45, 7) is 0. The van der Waals surface area contributed by atoms with Crippen molar-refractivity contribution in [2.45, 2.75) is 0 Å². The number of pyridine rings is 1. The van der Waals surface area contributed by atoms with E-state index in [0.29, 0.717) is 0 Å². The van der Waals surface area contributed by atoms with E-state index in [0.717, 1.165) is 27.0 Å². The van der Waals surface area contributed by atoms with Gasteiger partial charge >= 0.3 is 0 Å². The number of hydrogen-bond acceptors (Lipinski definition) is 4. The summed E-state index contributed by atoms with van der Waals surface area (Å²) in [5, 5.41) is 1.13. The number of aromatic nitrogens is 3. The van der Waals surface area contributed by atoms with Gasteiger partial charge in [0, 0.05) is 54.9 Å². The summed E-state index contributed by atoms with van der Waals surface area (Å²) < 4.78 is 0. The lowest BCUT2D eigenvalue weighted by atomic mass is 10.0. The SMILES string of the molecule is CN(C)c1ccc(-c2cnc3[nH]cc(-c4cncs4)c3c2)cc1. The van der Waals surface area contributed by atoms with Crippen LogP contribution in [0.2, 0.25) is 0 Å². The summed E-state index contributed by atoms with van der Waals surface area (Å²) in [5.41, 5.74) is 7.39. The van der Waals surface area contributed by atoms with Crippen molar-refractivity contribution in [2.24, 2.45) is 0 Å². The summed E-state index contributed by atoms with van der Waals surface area (Å²) in [6, 6.07) is 10.7. The molecule has 4 nitrogen and oxygen atoms in total. The Morgan fingerprint density at radius 3 is 2.57 bits per heavy atom. The van der Waals surface area contributed by atoms with Crippen LogP contribution < -0.4 is 4.90 Å². The van der Waals surface area contributed by atoms with Crippen molar-refractivity contribution in [1.82, 2.24) is 15.0 Å². The third kappa shape index (κ3) is 2.49. The molecule has 5 heteroatoms. The van der Waals surface area contributed by atoms with E-state index in [1.165, 1.54) is 11.3 Å². The first-order chi connectivity index (χ1) is 11.2. The molecule has 0 radical (unpaired) electrons. The minimum absolute atomic E-state index is 0.905. The first-order valence-electron chi connectivity index (χ1n) is 7.36. The zero-order chi connectivity index (χ0) is 15.8. The van der Waals surface area contributed by atoms with Gasteiger partial charge in [-0.2, -0.15) is 0 Å². The largest absolute Gasteiger partial charge is 0.378 e. The van der Waals surface area contributed by atoms with Gasteiger partial charge in [-0.15, -0.1) is 11.3 Å². The first kappa shape index (κ1) is 14.0. The number of thiazole rings is 1. The Balaban J connectivity index is 1.80. The highest BCUT2D eigenvalue weighted by Crippen LogP contribution is 2.33. The van der Waals surface area contributed by atoms with Gasteiger partial charge in [-0.3, -0.25) is 4.98 Å². The molecule has 0 spiro atoms. The van der Waals surface area contributed by atoms with Gasteiger partial charge in [0.25, 0.3) is 0 Å². The number of fused-ring (bicyclic) bond motifs is 1. The maximum absolute atomic E-state index is 4.56. The number of aromatic amines is 1. The second-order valence-electron chi connectivity index (χ2n) is 5.63. The fourth-order valence-corrected chi connectivity index (χ4v) is 3.32. The molecule has 0 saturated heterocycles. The average molecular weight is 320 g/mol. The molecule has 0 aliphatic rings. The van der Waals surface area contributed by atoms with E-state index >= 15 is 0 Å². The molecule has 0 aliphatic carbocycles. The van der Waals surface area contributed by atoms with E-state index < -0.39 is 0 Å². The molecule has 0 unspecified atom stereocenters. The molecule has 0 atom stereocenters. The molecular weight excluding hydrogens is 304 g/mol. The molecule has 4 aromatic rings. The summed E-state index contributed by atoms with van der Waals surface area (Å²) in [4.78, 5) is 15.2. The highest BCUT2D eigenvalue weighted by molar-refractivity contribution is 7.13. The number of anilines is 1. The summed E-state index contributed by atoms with van der Waals surface area (Å²) in [7, 11) is 4.09. The lowest BCUT2D eigenvalue weighted by Gasteiger charge is -2.12. The molecule has 0 saturated carbocycles. The van der Waals surface area contributed by atoms with Gasteiger partial charge < -0.3 is 9.88 Å². The normalized spacial score (nSPS) is 11.0. The number of nitrogens with one attached hydrogen (secondary N) is 1. The Bertz CT molecular complexity index is 937. The third-order valence-electron chi connectivity index (χ3n) is 3.95. The van der Waals surface area contributed by atoms with Gasteiger partial charge in [-0.25, -0.2) is 4.98 Å². The van der Waals surface area contributed by atoms with Crippen molar-refractivity contribution in [3.8, 4) is 21.6 Å². The van der Waals surface area contributed by atoms with Gasteiger partial charge in [-0.05, 0) is 23.8 Å². The Labute approximate surface area is 138 Å². The van der Waals surface area contributed by atoms with Crippen molar-refractivity contribution in [1.29, 1.82) is 0 Å². The third-order valence-corrected chi connectivity index (χ3v) is 4.75. The van der Waals surface area contributed by atoms with Crippen LogP contribution in [0.5, 0.6) is 0 Å². The van der Waals surface area contributed by atoms with E-state index in [9.17, 15) is 0 Å². The second kappa shape index (κ2) is 5.52. The minimum Gasteiger partial charge on any atom is -0.378 e. The molecule has 3 aromatic heterocycles. The van der Waals surface area contributed by atoms with Crippen molar-refractivity contribution >= 4 is 28.1 Å². The van der Waals surface area contributed by atoms with E-state index in [2.05, 4.69) is 50.2 Å². The van der Waals surface area contributed by atoms with E-state index in [1.807, 2.05) is 38.2 Å². The summed E-state index contributed by atoms with van der Waals surface area (Å²) >= 11 is 1.64. The maximum Gasteiger partial charge on any atom is 0.137 e. The fourth-order valence-electron chi connectivity index (χ4n) is 2.67. The van der Waals surface area contributed by atoms with Crippen molar-refractivity contribution in [3.63, 3.8) is 0 Å². The first-order valence-corrected chi connectivity index (χ1v) is 8.24. The van der Waals surface area contributed by atoms with Crippen LogP contribution in [0.4, 0.5) is 5.69 Å². The van der Waals surface area contributed by atoms with Gasteiger partial charge in [0.2, 0.25) is 0 Å². The van der Waals surface area contributed by atoms with Crippen LogP contribution >= 0.6 is 11.3 Å². The Morgan fingerprint density at radius 2 is 1.87 bits per heavy atom. The fraction of sp³-hybridized carbons (Fsp3) is 0.111. The number of H-pyrrole nitrogens is 1. The number of rotatable bonds is 3. The Morgan fingerprint density at radius 1 is 1.04 bits per heavy atom. The molecule has 23 heavy (non-hydrogen) atoms. The molecule has 0 aliphatic heterocycles. The van der Waals surface area contributed by atoms with Crippen LogP contribution in [0.1, 0.15) is 0 Å². The van der Waals surface area contributed by atoms with Gasteiger partial charge in [0.05, 0.1) is 10.4 Å². The highest BCUT2D eigenvalue weighted by Gasteiger charge is 2.10. The van der Waals surface area contributed by atoms with Gasteiger partial charge in [0.15, 0.2) is 0 Å². The van der Waals surface area contributed by atoms with Crippen LogP contribution in [-0.4, -0.2) is 29.0 Å². The van der Waals surface area contributed by atoms with E-state index in [4.69, 9.17) is 0 Å². The lowest BCUT2D eigenvalue weighted by molar-refractivity contribution is 1.13. The van der Waals surface area contributed by atoms with Crippen LogP contribution in [-0.2, 0) is 0 Å². The van der Waals surface area contributed by atoms with Crippen LogP contribution in [0.3, 0.4) is 0 Å². The molecule has 1 N–H and O–H groups in total. The zero-order valence-corrected chi connectivity index (χ0v) is 13.8. The predicted molar refractivity (Wildman–Crippen MR) is 97.0 cm³/mol. The molecule has 4 rings (SSSR count). The van der Waals surface area contributed by atoms with Gasteiger partial charge in [0.1, 0.15) is 5.65 Å². The quantitative estimate of drug-likeness (QED) is 0.608. The molecule has 114 valence electrons. The molecule has 3 heterocycles. The molecule has 1 aromatic carbocycles. The monoisotopic (exact) mass is 320 g/mol. The van der Waals surface area contributed by atoms with Crippen LogP contribution in [0, 0.1) is 0 Å². The number of hydrogen-bond donors (Lipinski definition) is 1. The van der Waals surface area contributed by atoms with Crippen LogP contribution in [0.25, 0.3) is 32.6 Å². The molecule has 0 bridgehead atoms. The summed E-state index contributed by atoms with van der Waals surface area (Å²) in [5.74, 6) is 0. The number of benzene rings is 1. The van der Waals surface area contributed by atoms with Crippen molar-refractivity contribution < 1.29 is 0 Å².